The zero-order chi connectivity index (χ0) is 14.5. The molecule has 0 saturated heterocycles. The van der Waals surface area contributed by atoms with Gasteiger partial charge in [-0.1, -0.05) is 17.7 Å². The molecule has 0 aliphatic carbocycles. The first kappa shape index (κ1) is 15.0. The van der Waals surface area contributed by atoms with Crippen molar-refractivity contribution < 1.29 is 8.78 Å². The van der Waals surface area contributed by atoms with Crippen LogP contribution < -0.4 is 5.73 Å². The molecule has 106 valence electrons. The molecular formula is C16H17F2NS. The first-order valence-electron chi connectivity index (χ1n) is 6.43. The second-order valence-corrected chi connectivity index (χ2v) is 5.96. The third-order valence-corrected chi connectivity index (χ3v) is 4.11. The molecule has 0 heterocycles. The van der Waals surface area contributed by atoms with Gasteiger partial charge in [-0.25, -0.2) is 8.78 Å². The number of rotatable bonds is 5. The van der Waals surface area contributed by atoms with Gasteiger partial charge in [0.2, 0.25) is 0 Å². The van der Waals surface area contributed by atoms with Crippen LogP contribution in [-0.2, 0) is 6.42 Å². The molecule has 2 N–H and O–H groups in total. The molecule has 0 spiro atoms. The second kappa shape index (κ2) is 6.86. The van der Waals surface area contributed by atoms with Crippen molar-refractivity contribution in [3.63, 3.8) is 0 Å². The number of benzene rings is 2. The molecule has 0 radical (unpaired) electrons. The topological polar surface area (TPSA) is 26.0 Å². The lowest BCUT2D eigenvalue weighted by molar-refractivity contribution is 0.577. The van der Waals surface area contributed by atoms with E-state index >= 15 is 0 Å². The molecule has 0 aliphatic rings. The van der Waals surface area contributed by atoms with Crippen molar-refractivity contribution >= 4 is 11.8 Å². The van der Waals surface area contributed by atoms with Crippen molar-refractivity contribution in [2.45, 2.75) is 24.3 Å². The van der Waals surface area contributed by atoms with E-state index in [-0.39, 0.29) is 6.04 Å². The largest absolute Gasteiger partial charge is 0.327 e. The van der Waals surface area contributed by atoms with Crippen LogP contribution in [0.4, 0.5) is 8.78 Å². The van der Waals surface area contributed by atoms with Crippen LogP contribution in [0.25, 0.3) is 0 Å². The predicted octanol–water partition coefficient (Wildman–Crippen LogP) is 3.94. The summed E-state index contributed by atoms with van der Waals surface area (Å²) in [5.41, 5.74) is 7.83. The molecule has 2 aromatic rings. The summed E-state index contributed by atoms with van der Waals surface area (Å²) in [4.78, 5) is 1.15. The maximum atomic E-state index is 13.1. The van der Waals surface area contributed by atoms with Crippen molar-refractivity contribution in [2.75, 3.05) is 5.75 Å². The minimum atomic E-state index is -0.557. The van der Waals surface area contributed by atoms with Gasteiger partial charge in [-0.15, -0.1) is 11.8 Å². The Kier molecular flexibility index (Phi) is 5.15. The molecule has 1 nitrogen and oxygen atoms in total. The quantitative estimate of drug-likeness (QED) is 0.845. The van der Waals surface area contributed by atoms with Crippen molar-refractivity contribution in [2.24, 2.45) is 5.73 Å². The van der Waals surface area contributed by atoms with E-state index in [2.05, 4.69) is 24.3 Å². The summed E-state index contributed by atoms with van der Waals surface area (Å²) in [6.45, 7) is 2.04. The van der Waals surface area contributed by atoms with Crippen LogP contribution in [-0.4, -0.2) is 11.8 Å². The number of nitrogens with two attached hydrogens (primary N) is 1. The Morgan fingerprint density at radius 3 is 2.25 bits per heavy atom. The van der Waals surface area contributed by atoms with Gasteiger partial charge in [-0.05, 0) is 43.2 Å². The van der Waals surface area contributed by atoms with E-state index in [0.29, 0.717) is 17.7 Å². The number of hydrogen-bond acceptors (Lipinski definition) is 2. The van der Waals surface area contributed by atoms with E-state index < -0.39 is 11.6 Å². The smallest absolute Gasteiger partial charge is 0.126 e. The van der Waals surface area contributed by atoms with E-state index in [1.165, 1.54) is 17.7 Å². The van der Waals surface area contributed by atoms with Gasteiger partial charge in [-0.3, -0.25) is 0 Å². The zero-order valence-corrected chi connectivity index (χ0v) is 12.1. The van der Waals surface area contributed by atoms with Gasteiger partial charge in [0.05, 0.1) is 0 Å². The summed E-state index contributed by atoms with van der Waals surface area (Å²) >= 11 is 1.65. The Balaban J connectivity index is 1.88. The van der Waals surface area contributed by atoms with E-state index in [9.17, 15) is 8.78 Å². The highest BCUT2D eigenvalue weighted by molar-refractivity contribution is 7.99. The number of thioether (sulfide) groups is 1. The van der Waals surface area contributed by atoms with Gasteiger partial charge in [0.15, 0.2) is 0 Å². The monoisotopic (exact) mass is 293 g/mol. The van der Waals surface area contributed by atoms with Gasteiger partial charge in [0, 0.05) is 22.8 Å². The summed E-state index contributed by atoms with van der Waals surface area (Å²) in [5, 5.41) is 0. The molecule has 0 saturated carbocycles. The maximum Gasteiger partial charge on any atom is 0.126 e. The van der Waals surface area contributed by atoms with Crippen LogP contribution in [0.15, 0.2) is 47.4 Å². The molecule has 0 bridgehead atoms. The Morgan fingerprint density at radius 1 is 1.05 bits per heavy atom. The SMILES string of the molecule is Cc1ccc(SCC(N)Cc2cc(F)cc(F)c2)cc1. The normalized spacial score (nSPS) is 12.4. The number of aryl methyl sites for hydroxylation is 1. The average Bonchev–Trinajstić information content (AvgIpc) is 2.37. The summed E-state index contributed by atoms with van der Waals surface area (Å²) in [5.74, 6) is -0.405. The van der Waals surface area contributed by atoms with Crippen molar-refractivity contribution in [3.8, 4) is 0 Å². The Labute approximate surface area is 122 Å². The van der Waals surface area contributed by atoms with E-state index in [1.54, 1.807) is 11.8 Å². The van der Waals surface area contributed by atoms with Gasteiger partial charge < -0.3 is 5.73 Å². The van der Waals surface area contributed by atoms with Crippen LogP contribution in [0.5, 0.6) is 0 Å². The third kappa shape index (κ3) is 4.62. The van der Waals surface area contributed by atoms with Crippen molar-refractivity contribution in [3.05, 3.63) is 65.2 Å². The minimum Gasteiger partial charge on any atom is -0.327 e. The van der Waals surface area contributed by atoms with Crippen LogP contribution in [0, 0.1) is 18.6 Å². The molecular weight excluding hydrogens is 276 g/mol. The molecule has 0 aliphatic heterocycles. The lowest BCUT2D eigenvalue weighted by atomic mass is 10.1. The van der Waals surface area contributed by atoms with Gasteiger partial charge >= 0.3 is 0 Å². The molecule has 0 fully saturated rings. The Morgan fingerprint density at radius 2 is 1.65 bits per heavy atom. The minimum absolute atomic E-state index is 0.137. The highest BCUT2D eigenvalue weighted by atomic mass is 32.2. The highest BCUT2D eigenvalue weighted by Crippen LogP contribution is 2.20. The van der Waals surface area contributed by atoms with Gasteiger partial charge in [0.25, 0.3) is 0 Å². The predicted molar refractivity (Wildman–Crippen MR) is 79.9 cm³/mol. The van der Waals surface area contributed by atoms with Crippen LogP contribution in [0.2, 0.25) is 0 Å². The van der Waals surface area contributed by atoms with Gasteiger partial charge in [-0.2, -0.15) is 0 Å². The summed E-state index contributed by atoms with van der Waals surface area (Å²) < 4.78 is 26.2. The molecule has 4 heteroatoms. The van der Waals surface area contributed by atoms with E-state index in [4.69, 9.17) is 5.73 Å². The molecule has 0 aromatic heterocycles. The summed E-state index contributed by atoms with van der Waals surface area (Å²) in [6, 6.07) is 11.6. The Hall–Kier alpha value is -1.39. The molecule has 1 atom stereocenters. The first-order valence-corrected chi connectivity index (χ1v) is 7.41. The number of halogens is 2. The molecule has 1 unspecified atom stereocenters. The average molecular weight is 293 g/mol. The maximum absolute atomic E-state index is 13.1. The fourth-order valence-corrected chi connectivity index (χ4v) is 2.78. The summed E-state index contributed by atoms with van der Waals surface area (Å²) in [7, 11) is 0. The molecule has 20 heavy (non-hydrogen) atoms. The molecule has 2 rings (SSSR count). The third-order valence-electron chi connectivity index (χ3n) is 2.91. The summed E-state index contributed by atoms with van der Waals surface area (Å²) in [6.07, 6.45) is 0.466. The van der Waals surface area contributed by atoms with Crippen LogP contribution >= 0.6 is 11.8 Å². The number of hydrogen-bond donors (Lipinski definition) is 1. The van der Waals surface area contributed by atoms with Gasteiger partial charge in [0.1, 0.15) is 11.6 Å². The Bertz CT molecular complexity index is 549. The first-order chi connectivity index (χ1) is 9.52. The van der Waals surface area contributed by atoms with Crippen LogP contribution in [0.3, 0.4) is 0 Å². The van der Waals surface area contributed by atoms with E-state index in [0.717, 1.165) is 11.0 Å². The fraction of sp³-hybridized carbons (Fsp3) is 0.250. The second-order valence-electron chi connectivity index (χ2n) is 4.87. The standard InChI is InChI=1S/C16H17F2NS/c1-11-2-4-16(5-3-11)20-10-15(19)8-12-6-13(17)9-14(18)7-12/h2-7,9,15H,8,10,19H2,1H3. The van der Waals surface area contributed by atoms with Crippen molar-refractivity contribution in [1.82, 2.24) is 0 Å². The van der Waals surface area contributed by atoms with Crippen molar-refractivity contribution in [1.29, 1.82) is 0 Å². The lowest BCUT2D eigenvalue weighted by Gasteiger charge is -2.11. The molecule has 0 amide bonds. The highest BCUT2D eigenvalue weighted by Gasteiger charge is 2.08. The fourth-order valence-electron chi connectivity index (χ4n) is 1.93. The zero-order valence-electron chi connectivity index (χ0n) is 11.3. The molecule has 2 aromatic carbocycles. The van der Waals surface area contributed by atoms with E-state index in [1.807, 2.05) is 6.92 Å². The lowest BCUT2D eigenvalue weighted by Crippen LogP contribution is -2.25. The van der Waals surface area contributed by atoms with Crippen LogP contribution in [0.1, 0.15) is 11.1 Å².